The molecule has 0 bridgehead atoms. The van der Waals surface area contributed by atoms with Gasteiger partial charge in [-0.25, -0.2) is 0 Å². The van der Waals surface area contributed by atoms with Crippen LogP contribution < -0.4 is 0 Å². The highest BCUT2D eigenvalue weighted by molar-refractivity contribution is 5.92. The predicted molar refractivity (Wildman–Crippen MR) is 103 cm³/mol. The zero-order valence-corrected chi connectivity index (χ0v) is 16.2. The molecule has 28 heavy (non-hydrogen) atoms. The fourth-order valence-electron chi connectivity index (χ4n) is 4.31. The topological polar surface area (TPSA) is 79.3 Å². The minimum atomic E-state index is -0.0469. The molecule has 146 valence electrons. The molecule has 0 N–H and O–H groups in total. The highest BCUT2D eigenvalue weighted by Gasteiger charge is 2.43. The van der Waals surface area contributed by atoms with Gasteiger partial charge in [-0.15, -0.1) is 0 Å². The van der Waals surface area contributed by atoms with Gasteiger partial charge in [-0.05, 0) is 38.3 Å². The average molecular weight is 379 g/mol. The molecule has 7 nitrogen and oxygen atoms in total. The first kappa shape index (κ1) is 18.5. The molecule has 0 aromatic carbocycles. The predicted octanol–water partition coefficient (Wildman–Crippen LogP) is 2.23. The number of likely N-dealkylation sites (tertiary alicyclic amines) is 2. The number of hydrogen-bond acceptors (Lipinski definition) is 5. The molecule has 2 aliphatic heterocycles. The van der Waals surface area contributed by atoms with E-state index in [2.05, 4.69) is 15.0 Å². The first-order valence-corrected chi connectivity index (χ1v) is 9.80. The Morgan fingerprint density at radius 2 is 2.04 bits per heavy atom. The fraction of sp³-hybridized carbons (Fsp3) is 0.476. The summed E-state index contributed by atoms with van der Waals surface area (Å²) in [6.07, 6.45) is 8.44. The molecule has 7 heteroatoms. The number of aromatic nitrogens is 3. The van der Waals surface area contributed by atoms with Crippen LogP contribution in [0.5, 0.6) is 0 Å². The van der Waals surface area contributed by atoms with E-state index in [-0.39, 0.29) is 17.2 Å². The van der Waals surface area contributed by atoms with Crippen LogP contribution in [-0.4, -0.2) is 56.2 Å². The molecule has 1 atom stereocenters. The van der Waals surface area contributed by atoms with E-state index in [0.29, 0.717) is 31.7 Å². The zero-order valence-electron chi connectivity index (χ0n) is 16.2. The standard InChI is InChI=1S/C21H25N5O2/c1-16-11-24-17(12-23-16)13-26-15-21(8-6-19(26)27)7-4-10-25(14-21)20(28)18-5-2-3-9-22-18/h2-3,5,9,11-12H,4,6-8,10,13-15H2,1H3/t21-/m0/s1. The van der Waals surface area contributed by atoms with Gasteiger partial charge in [-0.2, -0.15) is 0 Å². The van der Waals surface area contributed by atoms with Crippen molar-refractivity contribution in [3.8, 4) is 0 Å². The van der Waals surface area contributed by atoms with Crippen LogP contribution in [0.2, 0.25) is 0 Å². The van der Waals surface area contributed by atoms with E-state index in [9.17, 15) is 9.59 Å². The Kier molecular flexibility index (Phi) is 5.07. The Bertz CT molecular complexity index is 855. The largest absolute Gasteiger partial charge is 0.337 e. The Morgan fingerprint density at radius 1 is 1.14 bits per heavy atom. The van der Waals surface area contributed by atoms with Crippen molar-refractivity contribution in [1.29, 1.82) is 0 Å². The number of piperidine rings is 2. The average Bonchev–Trinajstić information content (AvgIpc) is 2.73. The molecule has 2 aromatic heterocycles. The maximum atomic E-state index is 12.9. The van der Waals surface area contributed by atoms with Crippen LogP contribution in [-0.2, 0) is 11.3 Å². The maximum absolute atomic E-state index is 12.9. The number of amides is 2. The fourth-order valence-corrected chi connectivity index (χ4v) is 4.31. The molecular weight excluding hydrogens is 354 g/mol. The minimum Gasteiger partial charge on any atom is -0.337 e. The molecule has 4 rings (SSSR count). The SMILES string of the molecule is Cc1cnc(CN2C[C@@]3(CCCN(C(=O)c4ccccn4)C3)CCC2=O)cn1. The highest BCUT2D eigenvalue weighted by atomic mass is 16.2. The second kappa shape index (κ2) is 7.66. The number of carbonyl (C=O) groups excluding carboxylic acids is 2. The summed E-state index contributed by atoms with van der Waals surface area (Å²) in [5.41, 5.74) is 2.10. The quantitative estimate of drug-likeness (QED) is 0.817. The third-order valence-electron chi connectivity index (χ3n) is 5.77. The summed E-state index contributed by atoms with van der Waals surface area (Å²) in [7, 11) is 0. The molecule has 2 aliphatic rings. The number of nitrogens with zero attached hydrogens (tertiary/aromatic N) is 5. The molecule has 0 radical (unpaired) electrons. The summed E-state index contributed by atoms with van der Waals surface area (Å²) < 4.78 is 0. The molecule has 0 aliphatic carbocycles. The van der Waals surface area contributed by atoms with E-state index < -0.39 is 0 Å². The lowest BCUT2D eigenvalue weighted by Gasteiger charge is -2.48. The monoisotopic (exact) mass is 379 g/mol. The van der Waals surface area contributed by atoms with Gasteiger partial charge in [-0.1, -0.05) is 6.07 Å². The summed E-state index contributed by atoms with van der Waals surface area (Å²) >= 11 is 0. The van der Waals surface area contributed by atoms with Crippen LogP contribution >= 0.6 is 0 Å². The molecule has 2 saturated heterocycles. The smallest absolute Gasteiger partial charge is 0.272 e. The summed E-state index contributed by atoms with van der Waals surface area (Å²) in [6.45, 7) is 4.45. The van der Waals surface area contributed by atoms with Gasteiger partial charge < -0.3 is 9.80 Å². The highest BCUT2D eigenvalue weighted by Crippen LogP contribution is 2.39. The van der Waals surface area contributed by atoms with Crippen molar-refractivity contribution in [3.05, 3.63) is 53.9 Å². The molecule has 2 fully saturated rings. The van der Waals surface area contributed by atoms with Gasteiger partial charge >= 0.3 is 0 Å². The molecule has 4 heterocycles. The zero-order chi connectivity index (χ0) is 19.6. The lowest BCUT2D eigenvalue weighted by atomic mass is 9.73. The van der Waals surface area contributed by atoms with Crippen molar-refractivity contribution in [2.45, 2.75) is 39.2 Å². The van der Waals surface area contributed by atoms with Crippen molar-refractivity contribution >= 4 is 11.8 Å². The molecule has 1 spiro atoms. The van der Waals surface area contributed by atoms with E-state index >= 15 is 0 Å². The van der Waals surface area contributed by atoms with Crippen molar-refractivity contribution in [3.63, 3.8) is 0 Å². The van der Waals surface area contributed by atoms with E-state index in [0.717, 1.165) is 37.2 Å². The summed E-state index contributed by atoms with van der Waals surface area (Å²) in [6, 6.07) is 5.41. The Morgan fingerprint density at radius 3 is 2.79 bits per heavy atom. The maximum Gasteiger partial charge on any atom is 0.272 e. The van der Waals surface area contributed by atoms with Crippen molar-refractivity contribution in [2.75, 3.05) is 19.6 Å². The number of pyridine rings is 1. The van der Waals surface area contributed by atoms with Crippen LogP contribution in [0.1, 0.15) is 47.6 Å². The van der Waals surface area contributed by atoms with E-state index in [1.54, 1.807) is 24.7 Å². The number of rotatable bonds is 3. The van der Waals surface area contributed by atoms with Gasteiger partial charge in [0.2, 0.25) is 5.91 Å². The van der Waals surface area contributed by atoms with Crippen molar-refractivity contribution in [1.82, 2.24) is 24.8 Å². The number of hydrogen-bond donors (Lipinski definition) is 0. The lowest BCUT2D eigenvalue weighted by molar-refractivity contribution is -0.139. The molecule has 2 amide bonds. The van der Waals surface area contributed by atoms with Gasteiger partial charge in [0.05, 0.1) is 24.1 Å². The van der Waals surface area contributed by atoms with E-state index in [4.69, 9.17) is 0 Å². The summed E-state index contributed by atoms with van der Waals surface area (Å²) in [5, 5.41) is 0. The normalized spacial score (nSPS) is 22.5. The Hall–Kier alpha value is -2.83. The Balaban J connectivity index is 1.48. The summed E-state index contributed by atoms with van der Waals surface area (Å²) in [5.74, 6) is 0.133. The first-order valence-electron chi connectivity index (χ1n) is 9.80. The minimum absolute atomic E-state index is 0.0208. The molecule has 2 aromatic rings. The van der Waals surface area contributed by atoms with Gasteiger partial charge in [0, 0.05) is 43.9 Å². The third-order valence-corrected chi connectivity index (χ3v) is 5.77. The molecular formula is C21H25N5O2. The van der Waals surface area contributed by atoms with Crippen LogP contribution in [0.4, 0.5) is 0 Å². The number of aryl methyl sites for hydroxylation is 1. The first-order chi connectivity index (χ1) is 13.5. The second-order valence-electron chi connectivity index (χ2n) is 7.94. The second-order valence-corrected chi connectivity index (χ2v) is 7.94. The van der Waals surface area contributed by atoms with Gasteiger partial charge in [0.15, 0.2) is 0 Å². The van der Waals surface area contributed by atoms with E-state index in [1.165, 1.54) is 0 Å². The van der Waals surface area contributed by atoms with Gasteiger partial charge in [0.25, 0.3) is 5.91 Å². The lowest BCUT2D eigenvalue weighted by Crippen LogP contribution is -2.55. The van der Waals surface area contributed by atoms with Crippen LogP contribution in [0.15, 0.2) is 36.8 Å². The van der Waals surface area contributed by atoms with Gasteiger partial charge in [0.1, 0.15) is 5.69 Å². The summed E-state index contributed by atoms with van der Waals surface area (Å²) in [4.78, 5) is 42.1. The van der Waals surface area contributed by atoms with Crippen molar-refractivity contribution < 1.29 is 9.59 Å². The van der Waals surface area contributed by atoms with Crippen LogP contribution in [0.25, 0.3) is 0 Å². The van der Waals surface area contributed by atoms with Gasteiger partial charge in [-0.3, -0.25) is 24.5 Å². The third kappa shape index (κ3) is 3.88. The molecule has 0 saturated carbocycles. The van der Waals surface area contributed by atoms with Crippen LogP contribution in [0, 0.1) is 12.3 Å². The molecule has 0 unspecified atom stereocenters. The number of carbonyl (C=O) groups is 2. The Labute approximate surface area is 164 Å². The van der Waals surface area contributed by atoms with Crippen molar-refractivity contribution in [2.24, 2.45) is 5.41 Å². The van der Waals surface area contributed by atoms with E-state index in [1.807, 2.05) is 28.9 Å². The van der Waals surface area contributed by atoms with Crippen LogP contribution in [0.3, 0.4) is 0 Å².